The van der Waals surface area contributed by atoms with Gasteiger partial charge in [0.1, 0.15) is 5.75 Å². The van der Waals surface area contributed by atoms with Crippen LogP contribution in [0.4, 0.5) is 14.5 Å². The van der Waals surface area contributed by atoms with Crippen molar-refractivity contribution < 1.29 is 18.3 Å². The molecular formula is C16H15F2NO2S. The molecule has 1 aliphatic carbocycles. The first-order valence-corrected chi connectivity index (χ1v) is 7.92. The van der Waals surface area contributed by atoms with Gasteiger partial charge in [-0.05, 0) is 49.4 Å². The highest BCUT2D eigenvalue weighted by Gasteiger charge is 2.18. The van der Waals surface area contributed by atoms with Gasteiger partial charge in [0.25, 0.3) is 5.91 Å². The minimum absolute atomic E-state index is 0.0350. The van der Waals surface area contributed by atoms with E-state index in [0.717, 1.165) is 25.7 Å². The number of carbonyl (C=O) groups excluding carboxylic acids is 1. The van der Waals surface area contributed by atoms with E-state index in [0.29, 0.717) is 4.88 Å². The highest BCUT2D eigenvalue weighted by Crippen LogP contribution is 2.31. The Kier molecular flexibility index (Phi) is 4.38. The summed E-state index contributed by atoms with van der Waals surface area (Å²) < 4.78 is 29.2. The number of alkyl halides is 2. The quantitative estimate of drug-likeness (QED) is 0.901. The lowest BCUT2D eigenvalue weighted by atomic mass is 9.99. The first-order chi connectivity index (χ1) is 10.6. The SMILES string of the molecule is O=C(Nc1ccccc1OC(F)F)c1cc2c(s1)CCCC2. The maximum atomic E-state index is 12.4. The summed E-state index contributed by atoms with van der Waals surface area (Å²) in [4.78, 5) is 14.2. The minimum atomic E-state index is -2.92. The summed E-state index contributed by atoms with van der Waals surface area (Å²) in [7, 11) is 0. The average Bonchev–Trinajstić information content (AvgIpc) is 2.93. The Morgan fingerprint density at radius 2 is 2.00 bits per heavy atom. The lowest BCUT2D eigenvalue weighted by Crippen LogP contribution is -2.12. The van der Waals surface area contributed by atoms with Crippen LogP contribution in [0.2, 0.25) is 0 Å². The molecular weight excluding hydrogens is 308 g/mol. The minimum Gasteiger partial charge on any atom is -0.433 e. The Balaban J connectivity index is 1.78. The smallest absolute Gasteiger partial charge is 0.387 e. The summed E-state index contributed by atoms with van der Waals surface area (Å²) in [5, 5.41) is 2.65. The van der Waals surface area contributed by atoms with Crippen LogP contribution in [0, 0.1) is 0 Å². The molecule has 0 radical (unpaired) electrons. The van der Waals surface area contributed by atoms with Crippen LogP contribution < -0.4 is 10.1 Å². The van der Waals surface area contributed by atoms with Crippen LogP contribution in [0.1, 0.15) is 33.0 Å². The van der Waals surface area contributed by atoms with E-state index in [-0.39, 0.29) is 17.3 Å². The monoisotopic (exact) mass is 323 g/mol. The Morgan fingerprint density at radius 3 is 2.77 bits per heavy atom. The molecule has 0 unspecified atom stereocenters. The van der Waals surface area contributed by atoms with Crippen LogP contribution in [0.3, 0.4) is 0 Å². The molecule has 0 spiro atoms. The van der Waals surface area contributed by atoms with Gasteiger partial charge in [0.2, 0.25) is 0 Å². The number of para-hydroxylation sites is 2. The van der Waals surface area contributed by atoms with E-state index in [1.807, 2.05) is 6.07 Å². The van der Waals surface area contributed by atoms with Gasteiger partial charge in [-0.15, -0.1) is 11.3 Å². The number of carbonyl (C=O) groups is 1. The Bertz CT molecular complexity index is 661. The van der Waals surface area contributed by atoms with Crippen molar-refractivity contribution in [3.05, 3.63) is 45.6 Å². The Hall–Kier alpha value is -1.95. The number of ether oxygens (including phenoxy) is 1. The van der Waals surface area contributed by atoms with Crippen LogP contribution in [-0.2, 0) is 12.8 Å². The van der Waals surface area contributed by atoms with Crippen molar-refractivity contribution in [2.75, 3.05) is 5.32 Å². The first kappa shape index (κ1) is 15.0. The lowest BCUT2D eigenvalue weighted by molar-refractivity contribution is -0.0493. The van der Waals surface area contributed by atoms with Crippen LogP contribution in [-0.4, -0.2) is 12.5 Å². The van der Waals surface area contributed by atoms with Crippen molar-refractivity contribution in [3.8, 4) is 5.75 Å². The highest BCUT2D eigenvalue weighted by atomic mass is 32.1. The van der Waals surface area contributed by atoms with E-state index in [2.05, 4.69) is 10.1 Å². The number of halogens is 2. The summed E-state index contributed by atoms with van der Waals surface area (Å²) in [5.74, 6) is -0.322. The van der Waals surface area contributed by atoms with Crippen molar-refractivity contribution in [3.63, 3.8) is 0 Å². The van der Waals surface area contributed by atoms with Crippen molar-refractivity contribution in [1.29, 1.82) is 0 Å². The van der Waals surface area contributed by atoms with Crippen molar-refractivity contribution >= 4 is 22.9 Å². The fourth-order valence-electron chi connectivity index (χ4n) is 2.56. The summed E-state index contributed by atoms with van der Waals surface area (Å²) in [6.07, 6.45) is 4.32. The lowest BCUT2D eigenvalue weighted by Gasteiger charge is -2.10. The van der Waals surface area contributed by atoms with Crippen LogP contribution in [0.25, 0.3) is 0 Å². The molecule has 3 rings (SSSR count). The van der Waals surface area contributed by atoms with Gasteiger partial charge in [0.05, 0.1) is 10.6 Å². The molecule has 1 amide bonds. The maximum absolute atomic E-state index is 12.4. The molecule has 3 nitrogen and oxygen atoms in total. The van der Waals surface area contributed by atoms with E-state index >= 15 is 0 Å². The van der Waals surface area contributed by atoms with Gasteiger partial charge in [-0.2, -0.15) is 8.78 Å². The molecule has 1 aromatic heterocycles. The molecule has 0 fully saturated rings. The topological polar surface area (TPSA) is 38.3 Å². The van der Waals surface area contributed by atoms with Gasteiger partial charge < -0.3 is 10.1 Å². The molecule has 6 heteroatoms. The summed E-state index contributed by atoms with van der Waals surface area (Å²) >= 11 is 1.48. The second-order valence-corrected chi connectivity index (χ2v) is 6.23. The van der Waals surface area contributed by atoms with Gasteiger partial charge in [0.15, 0.2) is 0 Å². The van der Waals surface area contributed by atoms with Crippen LogP contribution in [0.15, 0.2) is 30.3 Å². The fourth-order valence-corrected chi connectivity index (χ4v) is 3.70. The number of anilines is 1. The molecule has 116 valence electrons. The predicted octanol–water partition coefficient (Wildman–Crippen LogP) is 4.48. The van der Waals surface area contributed by atoms with Crippen molar-refractivity contribution in [2.45, 2.75) is 32.3 Å². The number of hydrogen-bond donors (Lipinski definition) is 1. The Morgan fingerprint density at radius 1 is 1.23 bits per heavy atom. The summed E-state index contributed by atoms with van der Waals surface area (Å²) in [5.41, 5.74) is 1.48. The number of amides is 1. The van der Waals surface area contributed by atoms with E-state index in [1.54, 1.807) is 18.2 Å². The van der Waals surface area contributed by atoms with Crippen molar-refractivity contribution in [1.82, 2.24) is 0 Å². The summed E-state index contributed by atoms with van der Waals surface area (Å²) in [6, 6.07) is 8.10. The zero-order valence-electron chi connectivity index (χ0n) is 11.8. The van der Waals surface area contributed by atoms with Gasteiger partial charge in [0, 0.05) is 4.88 Å². The third-order valence-corrected chi connectivity index (χ3v) is 4.81. The number of benzene rings is 1. The molecule has 0 saturated heterocycles. The molecule has 1 aliphatic rings. The largest absolute Gasteiger partial charge is 0.433 e. The van der Waals surface area contributed by atoms with E-state index in [1.165, 1.54) is 27.8 Å². The third-order valence-electron chi connectivity index (χ3n) is 3.57. The number of rotatable bonds is 4. The number of nitrogens with one attached hydrogen (secondary N) is 1. The standard InChI is InChI=1S/C16H15F2NO2S/c17-16(18)21-12-7-3-2-6-11(12)19-15(20)14-9-10-5-1-4-8-13(10)22-14/h2-3,6-7,9,16H,1,4-5,8H2,(H,19,20). The van der Waals surface area contributed by atoms with E-state index in [4.69, 9.17) is 0 Å². The van der Waals surface area contributed by atoms with Gasteiger partial charge >= 0.3 is 6.61 Å². The molecule has 0 saturated carbocycles. The zero-order valence-corrected chi connectivity index (χ0v) is 12.6. The molecule has 1 N–H and O–H groups in total. The van der Waals surface area contributed by atoms with E-state index in [9.17, 15) is 13.6 Å². The van der Waals surface area contributed by atoms with E-state index < -0.39 is 6.61 Å². The second kappa shape index (κ2) is 6.44. The molecule has 1 heterocycles. The van der Waals surface area contributed by atoms with Gasteiger partial charge in [-0.1, -0.05) is 12.1 Å². The fraction of sp³-hybridized carbons (Fsp3) is 0.312. The Labute approximate surface area is 130 Å². The zero-order chi connectivity index (χ0) is 15.5. The first-order valence-electron chi connectivity index (χ1n) is 7.10. The number of fused-ring (bicyclic) bond motifs is 1. The molecule has 0 bridgehead atoms. The van der Waals surface area contributed by atoms with Crippen molar-refractivity contribution in [2.24, 2.45) is 0 Å². The second-order valence-electron chi connectivity index (χ2n) is 5.09. The van der Waals surface area contributed by atoms with Gasteiger partial charge in [-0.25, -0.2) is 0 Å². The maximum Gasteiger partial charge on any atom is 0.387 e. The third kappa shape index (κ3) is 3.27. The number of thiophene rings is 1. The van der Waals surface area contributed by atoms with Crippen LogP contribution in [0.5, 0.6) is 5.75 Å². The summed E-state index contributed by atoms with van der Waals surface area (Å²) in [6.45, 7) is -2.92. The predicted molar refractivity (Wildman–Crippen MR) is 82.0 cm³/mol. The molecule has 0 atom stereocenters. The number of aryl methyl sites for hydroxylation is 2. The molecule has 0 aliphatic heterocycles. The van der Waals surface area contributed by atoms with Gasteiger partial charge in [-0.3, -0.25) is 4.79 Å². The van der Waals surface area contributed by atoms with Crippen LogP contribution >= 0.6 is 11.3 Å². The normalized spacial score (nSPS) is 13.8. The highest BCUT2D eigenvalue weighted by molar-refractivity contribution is 7.14. The molecule has 2 aromatic rings. The molecule has 22 heavy (non-hydrogen) atoms. The molecule has 1 aromatic carbocycles. The average molecular weight is 323 g/mol. The number of hydrogen-bond acceptors (Lipinski definition) is 3.